The molecule has 6 atom stereocenters. The van der Waals surface area contributed by atoms with Gasteiger partial charge in [0.1, 0.15) is 12.7 Å². The average molecular weight is 622 g/mol. The number of ether oxygens (including phenoxy) is 5. The van der Waals surface area contributed by atoms with Gasteiger partial charge in [0.05, 0.1) is 27.7 Å². The van der Waals surface area contributed by atoms with Gasteiger partial charge in [-0.25, -0.2) is 0 Å². The molecule has 0 spiro atoms. The molecule has 2 aliphatic rings. The van der Waals surface area contributed by atoms with Crippen LogP contribution in [0.4, 0.5) is 0 Å². The van der Waals surface area contributed by atoms with Crippen molar-refractivity contribution in [2.24, 2.45) is 21.7 Å². The maximum atomic E-state index is 13.4. The van der Waals surface area contributed by atoms with Gasteiger partial charge in [-0.2, -0.15) is 0 Å². The highest BCUT2D eigenvalue weighted by atomic mass is 16.7. The Bertz CT molecular complexity index is 1150. The lowest BCUT2D eigenvalue weighted by Crippen LogP contribution is -2.67. The smallest absolute Gasteiger partial charge is 0.311 e. The van der Waals surface area contributed by atoms with E-state index in [-0.39, 0.29) is 18.8 Å². The molecule has 0 unspecified atom stereocenters. The quantitative estimate of drug-likeness (QED) is 0.226. The summed E-state index contributed by atoms with van der Waals surface area (Å²) >= 11 is 0. The molecule has 0 aromatic heterocycles. The zero-order valence-corrected chi connectivity index (χ0v) is 28.3. The van der Waals surface area contributed by atoms with Gasteiger partial charge in [-0.05, 0) is 89.2 Å². The van der Waals surface area contributed by atoms with Crippen LogP contribution in [0.2, 0.25) is 0 Å². The van der Waals surface area contributed by atoms with Crippen molar-refractivity contribution >= 4 is 29.7 Å². The van der Waals surface area contributed by atoms with Crippen molar-refractivity contribution in [3.63, 3.8) is 0 Å². The first-order valence-corrected chi connectivity index (χ1v) is 14.9. The lowest BCUT2D eigenvalue weighted by atomic mass is 9.91. The number of carbonyl (C=O) groups is 5. The predicted octanol–water partition coefficient (Wildman–Crippen LogP) is 4.52. The van der Waals surface area contributed by atoms with Gasteiger partial charge in [0.25, 0.3) is 0 Å². The molecule has 0 aliphatic carbocycles. The normalized spacial score (nSPS) is 26.5. The second-order valence-electron chi connectivity index (χ2n) is 15.5. The van der Waals surface area contributed by atoms with Gasteiger partial charge in [-0.3, -0.25) is 24.0 Å². The molecule has 0 N–H and O–H groups in total. The van der Waals surface area contributed by atoms with Crippen molar-refractivity contribution in [3.8, 4) is 0 Å². The van der Waals surface area contributed by atoms with Crippen LogP contribution in [0.25, 0.3) is 0 Å². The number of esters is 4. The van der Waals surface area contributed by atoms with Crippen molar-refractivity contribution in [1.29, 1.82) is 0 Å². The van der Waals surface area contributed by atoms with E-state index in [0.717, 1.165) is 0 Å². The van der Waals surface area contributed by atoms with E-state index in [1.54, 1.807) is 94.1 Å². The molecule has 0 aromatic rings. The highest BCUT2D eigenvalue weighted by Crippen LogP contribution is 2.37. The Hall–Kier alpha value is -3.21. The summed E-state index contributed by atoms with van der Waals surface area (Å²) in [6.45, 7) is 23.5. The van der Waals surface area contributed by atoms with Crippen LogP contribution in [0.3, 0.4) is 0 Å². The molecular weight excluding hydrogens is 570 g/mol. The van der Waals surface area contributed by atoms with E-state index in [2.05, 4.69) is 6.58 Å². The number of carbonyl (C=O) groups excluding carboxylic acids is 5. The molecule has 248 valence electrons. The molecule has 0 bridgehead atoms. The fourth-order valence-corrected chi connectivity index (χ4v) is 4.08. The second-order valence-corrected chi connectivity index (χ2v) is 15.5. The number of rotatable bonds is 7. The molecule has 2 aliphatic heterocycles. The first-order valence-electron chi connectivity index (χ1n) is 14.9. The Labute approximate surface area is 261 Å². The van der Waals surface area contributed by atoms with Gasteiger partial charge in [0.15, 0.2) is 30.3 Å². The summed E-state index contributed by atoms with van der Waals surface area (Å²) in [6, 6.07) is -0.571. The number of hydrogen-bond donors (Lipinski definition) is 0. The van der Waals surface area contributed by atoms with Crippen LogP contribution in [-0.4, -0.2) is 77.9 Å². The zero-order valence-electron chi connectivity index (χ0n) is 28.3. The largest absolute Gasteiger partial charge is 0.462 e. The molecule has 0 radical (unpaired) electrons. The molecule has 11 nitrogen and oxygen atoms in total. The summed E-state index contributed by atoms with van der Waals surface area (Å²) in [5, 5.41) is 0. The van der Waals surface area contributed by atoms with E-state index in [0.29, 0.717) is 0 Å². The minimum Gasteiger partial charge on any atom is -0.462 e. The summed E-state index contributed by atoms with van der Waals surface area (Å²) in [5.74, 6) is -2.59. The fourth-order valence-electron chi connectivity index (χ4n) is 4.08. The van der Waals surface area contributed by atoms with E-state index >= 15 is 0 Å². The van der Waals surface area contributed by atoms with Crippen LogP contribution < -0.4 is 0 Å². The molecule has 0 amide bonds. The lowest BCUT2D eigenvalue weighted by Gasteiger charge is -2.50. The standard InChI is InChI=1S/C33H51NO10/c1-14-19-17-20(35)15-16-34(19)25-24(44-29(39)33(11,12)13)23(43-28(38)32(8,9)10)22(42-27(37)31(5,6)7)21(41-25)18-40-26(36)30(2,3)4/h14-16,19,21-25H,1,17-18H2,2-13H3/t19-,21+,22-,23-,24+,25+/m0/s1. The molecule has 0 saturated carbocycles. The van der Waals surface area contributed by atoms with Crippen LogP contribution >= 0.6 is 0 Å². The topological polar surface area (TPSA) is 135 Å². The molecule has 44 heavy (non-hydrogen) atoms. The van der Waals surface area contributed by atoms with E-state index in [1.807, 2.05) is 0 Å². The van der Waals surface area contributed by atoms with Gasteiger partial charge >= 0.3 is 23.9 Å². The van der Waals surface area contributed by atoms with E-state index in [4.69, 9.17) is 23.7 Å². The van der Waals surface area contributed by atoms with E-state index in [1.165, 1.54) is 12.3 Å². The summed E-state index contributed by atoms with van der Waals surface area (Å²) in [4.78, 5) is 66.9. The minimum atomic E-state index is -1.38. The predicted molar refractivity (Wildman–Crippen MR) is 162 cm³/mol. The summed E-state index contributed by atoms with van der Waals surface area (Å²) in [7, 11) is 0. The average Bonchev–Trinajstić information content (AvgIpc) is 2.87. The van der Waals surface area contributed by atoms with Gasteiger partial charge in [0.2, 0.25) is 0 Å². The van der Waals surface area contributed by atoms with Crippen LogP contribution in [-0.2, 0) is 47.7 Å². The first kappa shape index (κ1) is 37.0. The van der Waals surface area contributed by atoms with Crippen LogP contribution in [0.15, 0.2) is 24.9 Å². The number of hydrogen-bond acceptors (Lipinski definition) is 11. The maximum Gasteiger partial charge on any atom is 0.311 e. The third kappa shape index (κ3) is 9.39. The van der Waals surface area contributed by atoms with Crippen LogP contribution in [0.5, 0.6) is 0 Å². The lowest BCUT2D eigenvalue weighted by molar-refractivity contribution is -0.281. The van der Waals surface area contributed by atoms with Gasteiger partial charge < -0.3 is 28.6 Å². The summed E-state index contributed by atoms with van der Waals surface area (Å²) in [5.41, 5.74) is -3.77. The Morgan fingerprint density at radius 1 is 0.773 bits per heavy atom. The van der Waals surface area contributed by atoms with Crippen LogP contribution in [0.1, 0.15) is 89.5 Å². The Kier molecular flexibility index (Phi) is 11.3. The Balaban J connectivity index is 2.79. The van der Waals surface area contributed by atoms with Crippen molar-refractivity contribution in [2.45, 2.75) is 126 Å². The molecule has 1 saturated heterocycles. The zero-order chi connectivity index (χ0) is 34.0. The van der Waals surface area contributed by atoms with Crippen molar-refractivity contribution in [1.82, 2.24) is 4.90 Å². The first-order chi connectivity index (χ1) is 19.9. The van der Waals surface area contributed by atoms with E-state index < -0.39 is 82.2 Å². The Morgan fingerprint density at radius 2 is 1.20 bits per heavy atom. The van der Waals surface area contributed by atoms with Crippen LogP contribution in [0, 0.1) is 21.7 Å². The highest BCUT2D eigenvalue weighted by molar-refractivity contribution is 5.91. The molecule has 0 aromatic carbocycles. The minimum absolute atomic E-state index is 0.0678. The third-order valence-corrected chi connectivity index (χ3v) is 6.96. The SMILES string of the molecule is C=C[C@H]1CC(=O)C=CN1[C@@H]1O[C@H](COC(=O)C(C)(C)C)[C@H](OC(=O)C(C)(C)C)[C@H](OC(=O)C(C)(C)C)[C@H]1OC(=O)C(C)(C)C. The number of nitrogens with zero attached hydrogens (tertiary/aromatic N) is 1. The molecule has 11 heteroatoms. The highest BCUT2D eigenvalue weighted by Gasteiger charge is 2.56. The molecule has 1 fully saturated rings. The van der Waals surface area contributed by atoms with Crippen molar-refractivity contribution in [2.75, 3.05) is 6.61 Å². The van der Waals surface area contributed by atoms with Crippen molar-refractivity contribution < 1.29 is 47.7 Å². The Morgan fingerprint density at radius 3 is 1.64 bits per heavy atom. The van der Waals surface area contributed by atoms with E-state index in [9.17, 15) is 24.0 Å². The number of allylic oxidation sites excluding steroid dienone is 1. The van der Waals surface area contributed by atoms with Crippen molar-refractivity contribution in [3.05, 3.63) is 24.9 Å². The van der Waals surface area contributed by atoms with Gasteiger partial charge in [0, 0.05) is 12.6 Å². The monoisotopic (exact) mass is 621 g/mol. The third-order valence-electron chi connectivity index (χ3n) is 6.96. The molecular formula is C33H51NO10. The fraction of sp³-hybridized carbons (Fsp3) is 0.727. The van der Waals surface area contributed by atoms with Gasteiger partial charge in [-0.1, -0.05) is 6.08 Å². The summed E-state index contributed by atoms with van der Waals surface area (Å²) < 4.78 is 30.2. The summed E-state index contributed by atoms with van der Waals surface area (Å²) in [6.07, 6.45) is -1.87. The molecule has 2 rings (SSSR count). The molecule has 2 heterocycles. The maximum absolute atomic E-state index is 13.4. The number of ketones is 1. The second kappa shape index (κ2) is 13.4. The van der Waals surface area contributed by atoms with Gasteiger partial charge in [-0.15, -0.1) is 6.58 Å².